The summed E-state index contributed by atoms with van der Waals surface area (Å²) in [6, 6.07) is 22.3. The summed E-state index contributed by atoms with van der Waals surface area (Å²) in [5, 5.41) is 0. The molecule has 0 spiro atoms. The van der Waals surface area contributed by atoms with Crippen LogP contribution in [0.3, 0.4) is 0 Å². The van der Waals surface area contributed by atoms with Gasteiger partial charge in [0.2, 0.25) is 0 Å². The average Bonchev–Trinajstić information content (AvgIpc) is 2.52. The maximum absolute atomic E-state index is 2.36. The fourth-order valence-corrected chi connectivity index (χ4v) is 6.55. The van der Waals surface area contributed by atoms with E-state index in [-0.39, 0.29) is 0 Å². The molecule has 0 aromatic heterocycles. The van der Waals surface area contributed by atoms with Gasteiger partial charge in [-0.1, -0.05) is 73.5 Å². The van der Waals surface area contributed by atoms with Crippen molar-refractivity contribution >= 4 is 11.8 Å². The van der Waals surface area contributed by atoms with Gasteiger partial charge in [-0.15, -0.1) is 11.8 Å². The van der Waals surface area contributed by atoms with E-state index in [1.165, 1.54) is 62.5 Å². The Morgan fingerprint density at radius 3 is 1.30 bits per heavy atom. The van der Waals surface area contributed by atoms with E-state index in [0.717, 1.165) is 0 Å². The largest absolute Gasteiger partial charge is 0.148 e. The van der Waals surface area contributed by atoms with E-state index >= 15 is 0 Å². The van der Waals surface area contributed by atoms with Crippen LogP contribution < -0.4 is 0 Å². The first-order chi connectivity index (χ1) is 11.3. The zero-order valence-corrected chi connectivity index (χ0v) is 14.7. The monoisotopic (exact) mass is 322 g/mol. The molecule has 0 amide bonds. The summed E-state index contributed by atoms with van der Waals surface area (Å²) >= 11 is 2.36. The number of hydrogen-bond donors (Lipinski definition) is 0. The van der Waals surface area contributed by atoms with Crippen LogP contribution in [0, 0.1) is 0 Å². The van der Waals surface area contributed by atoms with Crippen LogP contribution in [0.5, 0.6) is 0 Å². The molecule has 0 aliphatic heterocycles. The Bertz CT molecular complexity index is 566. The maximum Gasteiger partial charge on any atom is 0.0206 e. The van der Waals surface area contributed by atoms with E-state index in [2.05, 4.69) is 72.4 Å². The summed E-state index contributed by atoms with van der Waals surface area (Å²) in [5.41, 5.74) is 3.04. The topological polar surface area (TPSA) is 0 Å². The highest BCUT2D eigenvalue weighted by Gasteiger charge is 2.48. The molecule has 2 aliphatic carbocycles. The van der Waals surface area contributed by atoms with Gasteiger partial charge in [0.1, 0.15) is 0 Å². The van der Waals surface area contributed by atoms with Gasteiger partial charge in [-0.3, -0.25) is 0 Å². The van der Waals surface area contributed by atoms with Crippen LogP contribution in [-0.2, 0) is 12.8 Å². The zero-order valence-electron chi connectivity index (χ0n) is 13.8. The minimum absolute atomic E-state index is 0.510. The van der Waals surface area contributed by atoms with Crippen LogP contribution in [0.25, 0.3) is 0 Å². The van der Waals surface area contributed by atoms with Gasteiger partial charge >= 0.3 is 0 Å². The molecule has 0 nitrogen and oxygen atoms in total. The molecule has 0 radical (unpaired) electrons. The highest BCUT2D eigenvalue weighted by atomic mass is 32.2. The van der Waals surface area contributed by atoms with Crippen molar-refractivity contribution in [1.82, 2.24) is 0 Å². The molecular formula is C22H26S. The van der Waals surface area contributed by atoms with E-state index in [1.807, 2.05) is 0 Å². The summed E-state index contributed by atoms with van der Waals surface area (Å²) in [6.07, 6.45) is 11.0. The van der Waals surface area contributed by atoms with Gasteiger partial charge in [0, 0.05) is 9.49 Å². The average molecular weight is 323 g/mol. The SMILES string of the molecule is c1ccc(CC2(SC3(Cc4ccccc4)CCC3)CCC2)cc1. The molecule has 0 unspecified atom stereocenters. The molecule has 0 atom stereocenters. The first kappa shape index (κ1) is 15.3. The Morgan fingerprint density at radius 2 is 1.00 bits per heavy atom. The van der Waals surface area contributed by atoms with E-state index in [9.17, 15) is 0 Å². The van der Waals surface area contributed by atoms with Crippen LogP contribution in [0.4, 0.5) is 0 Å². The minimum Gasteiger partial charge on any atom is -0.148 e. The third-order valence-corrected chi connectivity index (χ3v) is 7.67. The molecule has 120 valence electrons. The second kappa shape index (κ2) is 6.36. The lowest BCUT2D eigenvalue weighted by atomic mass is 9.78. The lowest BCUT2D eigenvalue weighted by molar-refractivity contribution is 0.322. The van der Waals surface area contributed by atoms with Crippen molar-refractivity contribution < 1.29 is 0 Å². The van der Waals surface area contributed by atoms with Crippen LogP contribution in [0.15, 0.2) is 60.7 Å². The number of benzene rings is 2. The fourth-order valence-electron chi connectivity index (χ4n) is 4.17. The lowest BCUT2D eigenvalue weighted by Gasteiger charge is -2.52. The van der Waals surface area contributed by atoms with E-state index in [1.54, 1.807) is 0 Å². The predicted octanol–water partition coefficient (Wildman–Crippen LogP) is 6.05. The number of hydrogen-bond acceptors (Lipinski definition) is 1. The molecule has 2 aromatic carbocycles. The first-order valence-electron chi connectivity index (χ1n) is 9.06. The van der Waals surface area contributed by atoms with E-state index < -0.39 is 0 Å². The number of thioether (sulfide) groups is 1. The standard InChI is InChI=1S/C22H26S/c1-3-9-19(10-4-1)17-21(13-7-14-21)23-22(15-8-16-22)18-20-11-5-2-6-12-20/h1-6,9-12H,7-8,13-18H2. The van der Waals surface area contributed by atoms with Gasteiger partial charge in [-0.25, -0.2) is 0 Å². The van der Waals surface area contributed by atoms with Crippen molar-refractivity contribution in [3.05, 3.63) is 71.8 Å². The van der Waals surface area contributed by atoms with Gasteiger partial charge in [-0.05, 0) is 49.7 Å². The summed E-state index contributed by atoms with van der Waals surface area (Å²) in [7, 11) is 0. The lowest BCUT2D eigenvalue weighted by Crippen LogP contribution is -2.46. The molecule has 0 N–H and O–H groups in total. The minimum atomic E-state index is 0.510. The maximum atomic E-state index is 2.36. The Labute approximate surface area is 144 Å². The van der Waals surface area contributed by atoms with E-state index in [4.69, 9.17) is 0 Å². The third-order valence-electron chi connectivity index (χ3n) is 5.70. The van der Waals surface area contributed by atoms with Gasteiger partial charge in [-0.2, -0.15) is 0 Å². The Kier molecular flexibility index (Phi) is 4.24. The Balaban J connectivity index is 1.49. The zero-order chi connectivity index (χ0) is 15.6. The van der Waals surface area contributed by atoms with E-state index in [0.29, 0.717) is 9.49 Å². The van der Waals surface area contributed by atoms with Gasteiger partial charge in [0.05, 0.1) is 0 Å². The smallest absolute Gasteiger partial charge is 0.0206 e. The van der Waals surface area contributed by atoms with Gasteiger partial charge in [0.15, 0.2) is 0 Å². The molecular weight excluding hydrogens is 296 g/mol. The van der Waals surface area contributed by atoms with Crippen molar-refractivity contribution in [1.29, 1.82) is 0 Å². The van der Waals surface area contributed by atoms with Gasteiger partial charge in [0.25, 0.3) is 0 Å². The molecule has 0 bridgehead atoms. The summed E-state index contributed by atoms with van der Waals surface area (Å²) < 4.78 is 1.02. The Hall–Kier alpha value is -1.21. The van der Waals surface area contributed by atoms with Crippen molar-refractivity contribution in [2.75, 3.05) is 0 Å². The van der Waals surface area contributed by atoms with Crippen molar-refractivity contribution in [2.45, 2.75) is 60.9 Å². The second-order valence-corrected chi connectivity index (χ2v) is 9.44. The molecule has 1 heteroatoms. The first-order valence-corrected chi connectivity index (χ1v) is 9.87. The fraction of sp³-hybridized carbons (Fsp3) is 0.455. The van der Waals surface area contributed by atoms with Gasteiger partial charge < -0.3 is 0 Å². The molecule has 23 heavy (non-hydrogen) atoms. The summed E-state index contributed by atoms with van der Waals surface area (Å²) in [4.78, 5) is 0. The highest BCUT2D eigenvalue weighted by Crippen LogP contribution is 2.58. The number of rotatable bonds is 6. The molecule has 0 saturated heterocycles. The predicted molar refractivity (Wildman–Crippen MR) is 101 cm³/mol. The molecule has 2 fully saturated rings. The van der Waals surface area contributed by atoms with Crippen molar-refractivity contribution in [3.8, 4) is 0 Å². The van der Waals surface area contributed by atoms with Crippen LogP contribution in [0.2, 0.25) is 0 Å². The van der Waals surface area contributed by atoms with Crippen molar-refractivity contribution in [3.63, 3.8) is 0 Å². The Morgan fingerprint density at radius 1 is 0.609 bits per heavy atom. The third kappa shape index (κ3) is 3.35. The quantitative estimate of drug-likeness (QED) is 0.624. The molecule has 2 aliphatic rings. The molecule has 2 aromatic rings. The van der Waals surface area contributed by atoms with Crippen molar-refractivity contribution in [2.24, 2.45) is 0 Å². The summed E-state index contributed by atoms with van der Waals surface area (Å²) in [6.45, 7) is 0. The van der Waals surface area contributed by atoms with Crippen LogP contribution in [0.1, 0.15) is 49.7 Å². The van der Waals surface area contributed by atoms with Crippen LogP contribution in [-0.4, -0.2) is 9.49 Å². The molecule has 2 saturated carbocycles. The normalized spacial score (nSPS) is 21.2. The molecule has 4 rings (SSSR count). The molecule has 0 heterocycles. The van der Waals surface area contributed by atoms with Crippen LogP contribution >= 0.6 is 11.8 Å². The summed E-state index contributed by atoms with van der Waals surface area (Å²) in [5.74, 6) is 0. The second-order valence-electron chi connectivity index (χ2n) is 7.50. The highest BCUT2D eigenvalue weighted by molar-refractivity contribution is 8.02.